The van der Waals surface area contributed by atoms with Crippen molar-refractivity contribution in [3.05, 3.63) is 188 Å². The molecule has 0 fully saturated rings. The zero-order valence-corrected chi connectivity index (χ0v) is 30.9. The van der Waals surface area contributed by atoms with Crippen LogP contribution in [0.25, 0.3) is 110 Å². The van der Waals surface area contributed by atoms with Gasteiger partial charge in [-0.3, -0.25) is 0 Å². The third-order valence-corrected chi connectivity index (χ3v) is 11.8. The lowest BCUT2D eigenvalue weighted by Crippen LogP contribution is -2.00. The summed E-state index contributed by atoms with van der Waals surface area (Å²) in [5, 5.41) is 4.65. The predicted molar refractivity (Wildman–Crippen MR) is 233 cm³/mol. The van der Waals surface area contributed by atoms with Crippen molar-refractivity contribution in [2.24, 2.45) is 0 Å². The lowest BCUT2D eigenvalue weighted by atomic mass is 9.93. The van der Waals surface area contributed by atoms with Crippen LogP contribution in [0.15, 0.2) is 192 Å². The molecule has 0 spiro atoms. The first-order valence-corrected chi connectivity index (χ1v) is 19.5. The Morgan fingerprint density at radius 3 is 1.52 bits per heavy atom. The van der Waals surface area contributed by atoms with Crippen LogP contribution < -0.4 is 0 Å². The zero-order valence-electron chi connectivity index (χ0n) is 30.1. The molecular formula is C51H31N3OS. The van der Waals surface area contributed by atoms with Crippen LogP contribution in [0.4, 0.5) is 0 Å². The van der Waals surface area contributed by atoms with E-state index in [9.17, 15) is 0 Å². The summed E-state index contributed by atoms with van der Waals surface area (Å²) in [6.07, 6.45) is 0. The van der Waals surface area contributed by atoms with Gasteiger partial charge in [-0.15, -0.1) is 11.3 Å². The third-order valence-electron chi connectivity index (χ3n) is 10.5. The zero-order chi connectivity index (χ0) is 37.0. The van der Waals surface area contributed by atoms with Crippen molar-refractivity contribution in [2.45, 2.75) is 0 Å². The van der Waals surface area contributed by atoms with E-state index >= 15 is 0 Å². The summed E-state index contributed by atoms with van der Waals surface area (Å²) in [6.45, 7) is 0. The summed E-state index contributed by atoms with van der Waals surface area (Å²) in [7, 11) is 0. The standard InChI is InChI=1S/C51H31N3OS/c1-4-13-32(14-5-1)35-19-12-20-36(29-35)40-28-27-39(47-43-21-10-11-22-46(43)56-48(40)47)37-23-25-41-42-26-24-38(31-45(42)55-44(41)30-37)51-53-49(33-15-6-2-7-16-33)52-50(54-51)34-17-8-3-9-18-34/h1-31H. The summed E-state index contributed by atoms with van der Waals surface area (Å²) in [6, 6.07) is 65.7. The predicted octanol–water partition coefficient (Wildman–Crippen LogP) is 14.1. The van der Waals surface area contributed by atoms with Crippen molar-refractivity contribution < 1.29 is 4.42 Å². The van der Waals surface area contributed by atoms with Gasteiger partial charge in [0.15, 0.2) is 17.5 Å². The Labute approximate surface area is 327 Å². The molecule has 3 aromatic heterocycles. The molecule has 0 amide bonds. The summed E-state index contributed by atoms with van der Waals surface area (Å²) in [5.41, 5.74) is 11.6. The second kappa shape index (κ2) is 13.3. The molecule has 0 saturated carbocycles. The van der Waals surface area contributed by atoms with E-state index in [1.807, 2.05) is 72.0 Å². The molecule has 11 aromatic rings. The number of fused-ring (bicyclic) bond motifs is 6. The van der Waals surface area contributed by atoms with Crippen LogP contribution >= 0.6 is 11.3 Å². The third kappa shape index (κ3) is 5.56. The number of furan rings is 1. The van der Waals surface area contributed by atoms with Crippen LogP contribution in [-0.2, 0) is 0 Å². The molecule has 5 heteroatoms. The van der Waals surface area contributed by atoms with E-state index in [1.165, 1.54) is 48.0 Å². The molecule has 56 heavy (non-hydrogen) atoms. The highest BCUT2D eigenvalue weighted by atomic mass is 32.1. The minimum atomic E-state index is 0.599. The van der Waals surface area contributed by atoms with Crippen LogP contribution in [0.1, 0.15) is 0 Å². The van der Waals surface area contributed by atoms with Crippen molar-refractivity contribution in [1.82, 2.24) is 15.0 Å². The molecule has 0 N–H and O–H groups in total. The summed E-state index contributed by atoms with van der Waals surface area (Å²) in [4.78, 5) is 14.8. The van der Waals surface area contributed by atoms with E-state index in [4.69, 9.17) is 19.4 Å². The van der Waals surface area contributed by atoms with E-state index in [1.54, 1.807) is 0 Å². The van der Waals surface area contributed by atoms with Gasteiger partial charge in [-0.2, -0.15) is 0 Å². The van der Waals surface area contributed by atoms with Gasteiger partial charge in [0.05, 0.1) is 0 Å². The second-order valence-electron chi connectivity index (χ2n) is 14.0. The van der Waals surface area contributed by atoms with Gasteiger partial charge in [0.2, 0.25) is 0 Å². The molecule has 3 heterocycles. The molecule has 262 valence electrons. The van der Waals surface area contributed by atoms with Crippen LogP contribution in [0.3, 0.4) is 0 Å². The van der Waals surface area contributed by atoms with Crippen LogP contribution in [0.5, 0.6) is 0 Å². The largest absolute Gasteiger partial charge is 0.456 e. The molecule has 0 bridgehead atoms. The monoisotopic (exact) mass is 733 g/mol. The SMILES string of the molecule is c1ccc(-c2cccc(-c3ccc(-c4ccc5c(c4)oc4cc(-c6nc(-c7ccccc7)nc(-c7ccccc7)n6)ccc45)c4c3sc3ccccc34)c2)cc1. The molecule has 0 radical (unpaired) electrons. The van der Waals surface area contributed by atoms with Crippen molar-refractivity contribution in [2.75, 3.05) is 0 Å². The minimum Gasteiger partial charge on any atom is -0.456 e. The molecule has 0 aliphatic heterocycles. The number of benzene rings is 8. The van der Waals surface area contributed by atoms with E-state index in [2.05, 4.69) is 127 Å². The van der Waals surface area contributed by atoms with Crippen molar-refractivity contribution in [3.63, 3.8) is 0 Å². The van der Waals surface area contributed by atoms with Crippen molar-refractivity contribution >= 4 is 53.4 Å². The number of nitrogens with zero attached hydrogens (tertiary/aromatic N) is 3. The Morgan fingerprint density at radius 2 is 0.839 bits per heavy atom. The fourth-order valence-corrected chi connectivity index (χ4v) is 9.08. The van der Waals surface area contributed by atoms with E-state index in [0.29, 0.717) is 17.5 Å². The van der Waals surface area contributed by atoms with Gasteiger partial charge in [0, 0.05) is 47.6 Å². The van der Waals surface area contributed by atoms with Gasteiger partial charge in [-0.05, 0) is 69.8 Å². The fourth-order valence-electron chi connectivity index (χ4n) is 7.81. The van der Waals surface area contributed by atoms with Gasteiger partial charge >= 0.3 is 0 Å². The molecule has 0 aliphatic rings. The van der Waals surface area contributed by atoms with Gasteiger partial charge in [0.1, 0.15) is 11.2 Å². The number of hydrogen-bond acceptors (Lipinski definition) is 5. The van der Waals surface area contributed by atoms with Gasteiger partial charge in [-0.25, -0.2) is 15.0 Å². The van der Waals surface area contributed by atoms with E-state index in [-0.39, 0.29) is 0 Å². The quantitative estimate of drug-likeness (QED) is 0.171. The van der Waals surface area contributed by atoms with Crippen molar-refractivity contribution in [1.29, 1.82) is 0 Å². The maximum absolute atomic E-state index is 6.67. The normalized spacial score (nSPS) is 11.6. The van der Waals surface area contributed by atoms with Crippen molar-refractivity contribution in [3.8, 4) is 67.5 Å². The van der Waals surface area contributed by atoms with E-state index < -0.39 is 0 Å². The van der Waals surface area contributed by atoms with Gasteiger partial charge in [0.25, 0.3) is 0 Å². The highest BCUT2D eigenvalue weighted by molar-refractivity contribution is 7.26. The van der Waals surface area contributed by atoms with Crippen LogP contribution in [-0.4, -0.2) is 15.0 Å². The summed E-state index contributed by atoms with van der Waals surface area (Å²) < 4.78 is 9.22. The first-order valence-electron chi connectivity index (χ1n) is 18.7. The topological polar surface area (TPSA) is 51.8 Å². The Kier molecular flexibility index (Phi) is 7.64. The molecule has 8 aromatic carbocycles. The summed E-state index contributed by atoms with van der Waals surface area (Å²) >= 11 is 1.86. The highest BCUT2D eigenvalue weighted by Crippen LogP contribution is 2.46. The maximum atomic E-state index is 6.67. The average molecular weight is 734 g/mol. The van der Waals surface area contributed by atoms with Gasteiger partial charge < -0.3 is 4.42 Å². The van der Waals surface area contributed by atoms with Gasteiger partial charge in [-0.1, -0.05) is 152 Å². The Hall–Kier alpha value is -7.21. The molecule has 0 saturated heterocycles. The molecule has 11 rings (SSSR count). The lowest BCUT2D eigenvalue weighted by Gasteiger charge is -2.11. The number of rotatable bonds is 6. The number of hydrogen-bond donors (Lipinski definition) is 0. The lowest BCUT2D eigenvalue weighted by molar-refractivity contribution is 0.669. The highest BCUT2D eigenvalue weighted by Gasteiger charge is 2.19. The Balaban J connectivity index is 1.03. The Morgan fingerprint density at radius 1 is 0.339 bits per heavy atom. The molecule has 0 aliphatic carbocycles. The number of aromatic nitrogens is 3. The second-order valence-corrected chi connectivity index (χ2v) is 15.0. The molecule has 0 unspecified atom stereocenters. The molecule has 0 atom stereocenters. The molecule has 4 nitrogen and oxygen atoms in total. The smallest absolute Gasteiger partial charge is 0.164 e. The average Bonchev–Trinajstić information content (AvgIpc) is 3.85. The first-order chi connectivity index (χ1) is 27.7. The van der Waals surface area contributed by atoms with E-state index in [0.717, 1.165) is 44.2 Å². The molecular weight excluding hydrogens is 703 g/mol. The fraction of sp³-hybridized carbons (Fsp3) is 0. The minimum absolute atomic E-state index is 0.599. The maximum Gasteiger partial charge on any atom is 0.164 e. The summed E-state index contributed by atoms with van der Waals surface area (Å²) in [5.74, 6) is 1.86. The van der Waals surface area contributed by atoms with Crippen LogP contribution in [0.2, 0.25) is 0 Å². The first kappa shape index (κ1) is 32.2. The Bertz CT molecular complexity index is 3180. The van der Waals surface area contributed by atoms with Crippen LogP contribution in [0, 0.1) is 0 Å². The number of thiophene rings is 1.